The molecule has 0 aromatic heterocycles. The van der Waals surface area contributed by atoms with Crippen LogP contribution in [0.5, 0.6) is 5.75 Å². The van der Waals surface area contributed by atoms with Gasteiger partial charge in [-0.15, -0.1) is 0 Å². The van der Waals surface area contributed by atoms with E-state index in [0.29, 0.717) is 0 Å². The summed E-state index contributed by atoms with van der Waals surface area (Å²) < 4.78 is 37.4. The minimum absolute atomic E-state index is 0.00465. The number of carbonyl (C=O) groups is 1. The number of hydrogen-bond donors (Lipinski definition) is 2. The lowest BCUT2D eigenvalue weighted by Gasteiger charge is -2.27. The molecule has 0 radical (unpaired) electrons. The number of halogens is 3. The summed E-state index contributed by atoms with van der Waals surface area (Å²) in [6, 6.07) is 4.02. The van der Waals surface area contributed by atoms with E-state index in [0.717, 1.165) is 6.08 Å². The first-order valence-corrected chi connectivity index (χ1v) is 5.93. The summed E-state index contributed by atoms with van der Waals surface area (Å²) in [5.41, 5.74) is 5.15. The first kappa shape index (κ1) is 14.2. The maximum Gasteiger partial charge on any atom is 0.412 e. The van der Waals surface area contributed by atoms with Crippen molar-refractivity contribution in [1.82, 2.24) is 4.90 Å². The van der Waals surface area contributed by atoms with Crippen LogP contribution in [-0.2, 0) is 0 Å². The Bertz CT molecular complexity index is 567. The second-order valence-electron chi connectivity index (χ2n) is 4.50. The van der Waals surface area contributed by atoms with Gasteiger partial charge in [0.15, 0.2) is 0 Å². The lowest BCUT2D eigenvalue weighted by Crippen LogP contribution is -2.36. The molecule has 1 heterocycles. The van der Waals surface area contributed by atoms with E-state index in [1.807, 2.05) is 0 Å². The van der Waals surface area contributed by atoms with E-state index >= 15 is 0 Å². The maximum absolute atomic E-state index is 12.5. The minimum atomic E-state index is -4.34. The number of hydrogen-bond acceptors (Lipinski definition) is 3. The van der Waals surface area contributed by atoms with Gasteiger partial charge >= 0.3 is 6.18 Å². The zero-order valence-electron chi connectivity index (χ0n) is 10.4. The van der Waals surface area contributed by atoms with Crippen molar-refractivity contribution in [3.63, 3.8) is 0 Å². The monoisotopic (exact) mass is 286 g/mol. The molecule has 7 heteroatoms. The number of nitrogen functional groups attached to an aromatic ring is 1. The molecule has 0 aliphatic carbocycles. The lowest BCUT2D eigenvalue weighted by molar-refractivity contribution is -0.0957. The molecular weight excluding hydrogens is 273 g/mol. The highest BCUT2D eigenvalue weighted by Crippen LogP contribution is 2.30. The van der Waals surface area contributed by atoms with Crippen LogP contribution in [0.15, 0.2) is 29.8 Å². The SMILES string of the molecule is Nc1ccc(C(=O)N2CC=C(C(F)(F)F)CC2)cc1O. The summed E-state index contributed by atoms with van der Waals surface area (Å²) in [7, 11) is 0. The van der Waals surface area contributed by atoms with E-state index in [2.05, 4.69) is 0 Å². The summed E-state index contributed by atoms with van der Waals surface area (Å²) in [5, 5.41) is 9.44. The molecule has 0 bridgehead atoms. The lowest BCUT2D eigenvalue weighted by atomic mass is 10.1. The second-order valence-corrected chi connectivity index (χ2v) is 4.50. The number of nitrogens with zero attached hydrogens (tertiary/aromatic N) is 1. The van der Waals surface area contributed by atoms with Crippen molar-refractivity contribution in [2.45, 2.75) is 12.6 Å². The van der Waals surface area contributed by atoms with Gasteiger partial charge in [0.2, 0.25) is 0 Å². The average Bonchev–Trinajstić information content (AvgIpc) is 2.40. The van der Waals surface area contributed by atoms with Crippen LogP contribution in [0.4, 0.5) is 18.9 Å². The number of carbonyl (C=O) groups excluding carboxylic acids is 1. The molecule has 0 fully saturated rings. The highest BCUT2D eigenvalue weighted by atomic mass is 19.4. The van der Waals surface area contributed by atoms with Crippen molar-refractivity contribution in [2.24, 2.45) is 0 Å². The van der Waals surface area contributed by atoms with Gasteiger partial charge in [-0.2, -0.15) is 13.2 Å². The number of nitrogens with two attached hydrogens (primary N) is 1. The molecule has 1 aromatic rings. The molecule has 3 N–H and O–H groups in total. The fourth-order valence-corrected chi connectivity index (χ4v) is 1.97. The van der Waals surface area contributed by atoms with Gasteiger partial charge in [-0.25, -0.2) is 0 Å². The fraction of sp³-hybridized carbons (Fsp3) is 0.308. The van der Waals surface area contributed by atoms with E-state index < -0.39 is 17.7 Å². The number of alkyl halides is 3. The van der Waals surface area contributed by atoms with Gasteiger partial charge in [-0.05, 0) is 24.6 Å². The molecule has 1 aliphatic heterocycles. The Morgan fingerprint density at radius 3 is 2.55 bits per heavy atom. The molecule has 20 heavy (non-hydrogen) atoms. The predicted octanol–water partition coefficient (Wildman–Crippen LogP) is 2.31. The number of anilines is 1. The average molecular weight is 286 g/mol. The van der Waals surface area contributed by atoms with Crippen LogP contribution in [-0.4, -0.2) is 35.2 Å². The molecule has 1 amide bonds. The van der Waals surface area contributed by atoms with Crippen LogP contribution in [0.3, 0.4) is 0 Å². The Hall–Kier alpha value is -2.18. The Morgan fingerprint density at radius 2 is 2.05 bits per heavy atom. The van der Waals surface area contributed by atoms with Gasteiger partial charge in [0.1, 0.15) is 5.75 Å². The molecule has 1 aromatic carbocycles. The van der Waals surface area contributed by atoms with Crippen molar-refractivity contribution in [3.05, 3.63) is 35.4 Å². The summed E-state index contributed by atoms with van der Waals surface area (Å²) in [6.07, 6.45) is -3.55. The predicted molar refractivity (Wildman–Crippen MR) is 67.2 cm³/mol. The Morgan fingerprint density at radius 1 is 1.35 bits per heavy atom. The Kier molecular flexibility index (Phi) is 3.61. The van der Waals surface area contributed by atoms with E-state index in [-0.39, 0.29) is 36.5 Å². The molecule has 2 rings (SSSR count). The first-order valence-electron chi connectivity index (χ1n) is 5.93. The highest BCUT2D eigenvalue weighted by molar-refractivity contribution is 5.95. The first-order chi connectivity index (χ1) is 9.29. The number of rotatable bonds is 1. The molecule has 0 spiro atoms. The molecule has 0 atom stereocenters. The van der Waals surface area contributed by atoms with Crippen molar-refractivity contribution in [3.8, 4) is 5.75 Å². The minimum Gasteiger partial charge on any atom is -0.506 e. The molecule has 108 valence electrons. The number of amides is 1. The molecule has 0 saturated heterocycles. The van der Waals surface area contributed by atoms with Crippen molar-refractivity contribution in [1.29, 1.82) is 0 Å². The fourth-order valence-electron chi connectivity index (χ4n) is 1.97. The number of benzene rings is 1. The van der Waals surface area contributed by atoms with Gasteiger partial charge in [-0.1, -0.05) is 6.08 Å². The van der Waals surface area contributed by atoms with Crippen LogP contribution >= 0.6 is 0 Å². The summed E-state index contributed by atoms with van der Waals surface area (Å²) in [5.74, 6) is -0.655. The molecule has 4 nitrogen and oxygen atoms in total. The quantitative estimate of drug-likeness (QED) is 0.473. The molecule has 1 aliphatic rings. The summed E-state index contributed by atoms with van der Waals surface area (Å²) >= 11 is 0. The number of phenolic OH excluding ortho intramolecular Hbond substituents is 1. The smallest absolute Gasteiger partial charge is 0.412 e. The van der Waals surface area contributed by atoms with Gasteiger partial charge < -0.3 is 15.7 Å². The van der Waals surface area contributed by atoms with Crippen LogP contribution < -0.4 is 5.73 Å². The van der Waals surface area contributed by atoms with Gasteiger partial charge in [-0.3, -0.25) is 4.79 Å². The van der Waals surface area contributed by atoms with Crippen molar-refractivity contribution < 1.29 is 23.1 Å². The molecule has 0 unspecified atom stereocenters. The van der Waals surface area contributed by atoms with E-state index in [4.69, 9.17) is 5.73 Å². The van der Waals surface area contributed by atoms with E-state index in [9.17, 15) is 23.1 Å². The van der Waals surface area contributed by atoms with Gasteiger partial charge in [0, 0.05) is 24.2 Å². The molecule has 0 saturated carbocycles. The topological polar surface area (TPSA) is 66.6 Å². The Balaban J connectivity index is 2.12. The van der Waals surface area contributed by atoms with Crippen LogP contribution in [0, 0.1) is 0 Å². The summed E-state index contributed by atoms with van der Waals surface area (Å²) in [6.45, 7) is -0.103. The normalized spacial score (nSPS) is 15.9. The zero-order chi connectivity index (χ0) is 14.9. The highest BCUT2D eigenvalue weighted by Gasteiger charge is 2.35. The zero-order valence-corrected chi connectivity index (χ0v) is 10.4. The van der Waals surface area contributed by atoms with Crippen LogP contribution in [0.1, 0.15) is 16.8 Å². The summed E-state index contributed by atoms with van der Waals surface area (Å²) in [4.78, 5) is 13.4. The third-order valence-electron chi connectivity index (χ3n) is 3.14. The third kappa shape index (κ3) is 2.87. The second kappa shape index (κ2) is 5.07. The molecular formula is C13H13F3N2O2. The van der Waals surface area contributed by atoms with E-state index in [1.54, 1.807) is 0 Å². The van der Waals surface area contributed by atoms with E-state index in [1.165, 1.54) is 23.1 Å². The van der Waals surface area contributed by atoms with Crippen molar-refractivity contribution >= 4 is 11.6 Å². The van der Waals surface area contributed by atoms with Gasteiger partial charge in [0.05, 0.1) is 5.69 Å². The maximum atomic E-state index is 12.5. The Labute approximate surface area is 113 Å². The number of phenols is 1. The standard InChI is InChI=1S/C13H13F3N2O2/c14-13(15,16)9-3-5-18(6-4-9)12(20)8-1-2-10(17)11(19)7-8/h1-3,7,19H,4-6,17H2. The van der Waals surface area contributed by atoms with Crippen LogP contribution in [0.25, 0.3) is 0 Å². The number of aromatic hydroxyl groups is 1. The third-order valence-corrected chi connectivity index (χ3v) is 3.14. The van der Waals surface area contributed by atoms with Crippen molar-refractivity contribution in [2.75, 3.05) is 18.8 Å². The van der Waals surface area contributed by atoms with Crippen LogP contribution in [0.2, 0.25) is 0 Å². The van der Waals surface area contributed by atoms with Gasteiger partial charge in [0.25, 0.3) is 5.91 Å². The largest absolute Gasteiger partial charge is 0.506 e.